The standard InChI is InChI=1S/C19H23N3O4S/c1-26-18-5-3-2-4-14(18)8-10-20-19(23)17-7-6-15(12-21-17)22-16-9-11-27(24,25)13-16/h2-7,12,16,22H,8-11,13H2,1H3,(H,20,23). The predicted octanol–water partition coefficient (Wildman–Crippen LogP) is 1.66. The first kappa shape index (κ1) is 19.2. The number of amides is 1. The van der Waals surface area contributed by atoms with Gasteiger partial charge in [-0.25, -0.2) is 13.4 Å². The molecule has 7 nitrogen and oxygen atoms in total. The summed E-state index contributed by atoms with van der Waals surface area (Å²) in [6.45, 7) is 0.473. The lowest BCUT2D eigenvalue weighted by Gasteiger charge is -2.12. The minimum atomic E-state index is -2.93. The summed E-state index contributed by atoms with van der Waals surface area (Å²) >= 11 is 0. The summed E-state index contributed by atoms with van der Waals surface area (Å²) in [5.74, 6) is 0.900. The summed E-state index contributed by atoms with van der Waals surface area (Å²) in [7, 11) is -1.31. The molecule has 0 radical (unpaired) electrons. The van der Waals surface area contributed by atoms with E-state index in [-0.39, 0.29) is 23.5 Å². The van der Waals surface area contributed by atoms with E-state index in [0.717, 1.165) is 11.3 Å². The Bertz CT molecular complexity index is 897. The molecule has 27 heavy (non-hydrogen) atoms. The maximum atomic E-state index is 12.2. The molecule has 0 aliphatic carbocycles. The van der Waals surface area contributed by atoms with Crippen LogP contribution < -0.4 is 15.4 Å². The molecule has 1 fully saturated rings. The lowest BCUT2D eigenvalue weighted by atomic mass is 10.1. The zero-order valence-electron chi connectivity index (χ0n) is 15.1. The van der Waals surface area contributed by atoms with Crippen molar-refractivity contribution in [1.82, 2.24) is 10.3 Å². The summed E-state index contributed by atoms with van der Waals surface area (Å²) in [4.78, 5) is 16.4. The molecule has 0 saturated carbocycles. The first-order valence-corrected chi connectivity index (χ1v) is 10.6. The lowest BCUT2D eigenvalue weighted by molar-refractivity contribution is 0.0949. The summed E-state index contributed by atoms with van der Waals surface area (Å²) < 4.78 is 28.3. The number of pyridine rings is 1. The van der Waals surface area contributed by atoms with Crippen LogP contribution in [0.2, 0.25) is 0 Å². The Morgan fingerprint density at radius 2 is 2.07 bits per heavy atom. The topological polar surface area (TPSA) is 97.4 Å². The third-order valence-corrected chi connectivity index (χ3v) is 6.24. The van der Waals surface area contributed by atoms with Gasteiger partial charge >= 0.3 is 0 Å². The van der Waals surface area contributed by atoms with Crippen molar-refractivity contribution in [3.05, 3.63) is 53.9 Å². The second-order valence-corrected chi connectivity index (χ2v) is 8.72. The largest absolute Gasteiger partial charge is 0.496 e. The number of hydrogen-bond donors (Lipinski definition) is 2. The fourth-order valence-corrected chi connectivity index (χ4v) is 4.74. The first-order chi connectivity index (χ1) is 13.0. The van der Waals surface area contributed by atoms with Crippen molar-refractivity contribution in [2.45, 2.75) is 18.9 Å². The van der Waals surface area contributed by atoms with Crippen LogP contribution in [0.3, 0.4) is 0 Å². The first-order valence-electron chi connectivity index (χ1n) is 8.80. The van der Waals surface area contributed by atoms with Gasteiger partial charge in [0.15, 0.2) is 9.84 Å². The van der Waals surface area contributed by atoms with E-state index in [4.69, 9.17) is 4.74 Å². The van der Waals surface area contributed by atoms with Crippen molar-refractivity contribution in [1.29, 1.82) is 0 Å². The number of nitrogens with one attached hydrogen (secondary N) is 2. The van der Waals surface area contributed by atoms with E-state index >= 15 is 0 Å². The summed E-state index contributed by atoms with van der Waals surface area (Å²) in [5, 5.41) is 6.00. The Hall–Kier alpha value is -2.61. The highest BCUT2D eigenvalue weighted by Gasteiger charge is 2.27. The van der Waals surface area contributed by atoms with E-state index in [1.54, 1.807) is 25.4 Å². The molecule has 1 aromatic heterocycles. The van der Waals surface area contributed by atoms with E-state index in [0.29, 0.717) is 30.8 Å². The molecule has 144 valence electrons. The van der Waals surface area contributed by atoms with Gasteiger partial charge in [-0.2, -0.15) is 0 Å². The molecule has 2 N–H and O–H groups in total. The number of carbonyl (C=O) groups excluding carboxylic acids is 1. The van der Waals surface area contributed by atoms with Gasteiger partial charge in [0, 0.05) is 12.6 Å². The molecule has 1 unspecified atom stereocenters. The molecular weight excluding hydrogens is 366 g/mol. The van der Waals surface area contributed by atoms with E-state index in [2.05, 4.69) is 15.6 Å². The molecule has 2 heterocycles. The molecule has 1 aliphatic rings. The van der Waals surface area contributed by atoms with Crippen molar-refractivity contribution < 1.29 is 17.9 Å². The van der Waals surface area contributed by atoms with Crippen LogP contribution >= 0.6 is 0 Å². The van der Waals surface area contributed by atoms with Gasteiger partial charge in [0.2, 0.25) is 0 Å². The maximum Gasteiger partial charge on any atom is 0.269 e. The van der Waals surface area contributed by atoms with Crippen molar-refractivity contribution >= 4 is 21.4 Å². The van der Waals surface area contributed by atoms with Crippen LogP contribution in [-0.2, 0) is 16.3 Å². The number of rotatable bonds is 7. The normalized spacial score (nSPS) is 18.0. The number of benzene rings is 1. The van der Waals surface area contributed by atoms with Gasteiger partial charge in [0.05, 0.1) is 30.5 Å². The van der Waals surface area contributed by atoms with E-state index in [1.807, 2.05) is 24.3 Å². The Kier molecular flexibility index (Phi) is 5.95. The number of methoxy groups -OCH3 is 1. The van der Waals surface area contributed by atoms with Gasteiger partial charge in [0.25, 0.3) is 5.91 Å². The van der Waals surface area contributed by atoms with E-state index in [9.17, 15) is 13.2 Å². The minimum Gasteiger partial charge on any atom is -0.496 e. The highest BCUT2D eigenvalue weighted by Crippen LogP contribution is 2.18. The molecule has 1 saturated heterocycles. The average Bonchev–Trinajstić information content (AvgIpc) is 3.01. The third-order valence-electron chi connectivity index (χ3n) is 4.47. The molecule has 3 rings (SSSR count). The molecular formula is C19H23N3O4S. The molecule has 1 amide bonds. The lowest BCUT2D eigenvalue weighted by Crippen LogP contribution is -2.26. The van der Waals surface area contributed by atoms with Crippen molar-refractivity contribution in [2.24, 2.45) is 0 Å². The average molecular weight is 389 g/mol. The Morgan fingerprint density at radius 1 is 1.26 bits per heavy atom. The number of sulfone groups is 1. The van der Waals surface area contributed by atoms with Crippen LogP contribution in [0.5, 0.6) is 5.75 Å². The number of nitrogens with zero attached hydrogens (tertiary/aromatic N) is 1. The Labute approximate surface area is 159 Å². The van der Waals surface area contributed by atoms with E-state index in [1.165, 1.54) is 0 Å². The SMILES string of the molecule is COc1ccccc1CCNC(=O)c1ccc(NC2CCS(=O)(=O)C2)cn1. The van der Waals surface area contributed by atoms with Crippen LogP contribution in [0.25, 0.3) is 0 Å². The number of aromatic nitrogens is 1. The monoisotopic (exact) mass is 389 g/mol. The summed E-state index contributed by atoms with van der Waals surface area (Å²) in [6, 6.07) is 11.0. The Balaban J connectivity index is 1.50. The Morgan fingerprint density at radius 3 is 2.74 bits per heavy atom. The maximum absolute atomic E-state index is 12.2. The number of carbonyl (C=O) groups is 1. The second kappa shape index (κ2) is 8.39. The fourth-order valence-electron chi connectivity index (χ4n) is 3.07. The molecule has 1 atom stereocenters. The third kappa shape index (κ3) is 5.19. The molecule has 1 aliphatic heterocycles. The number of hydrogen-bond acceptors (Lipinski definition) is 6. The van der Waals surface area contributed by atoms with Crippen molar-refractivity contribution in [3.63, 3.8) is 0 Å². The quantitative estimate of drug-likeness (QED) is 0.748. The molecule has 0 bridgehead atoms. The van der Waals surface area contributed by atoms with Crippen molar-refractivity contribution in [3.8, 4) is 5.75 Å². The van der Waals surface area contributed by atoms with Gasteiger partial charge < -0.3 is 15.4 Å². The smallest absolute Gasteiger partial charge is 0.269 e. The van der Waals surface area contributed by atoms with Gasteiger partial charge in [0.1, 0.15) is 11.4 Å². The number of anilines is 1. The van der Waals surface area contributed by atoms with Gasteiger partial charge in [-0.1, -0.05) is 18.2 Å². The zero-order valence-corrected chi connectivity index (χ0v) is 16.0. The summed E-state index contributed by atoms with van der Waals surface area (Å²) in [6.07, 6.45) is 2.80. The highest BCUT2D eigenvalue weighted by molar-refractivity contribution is 7.91. The van der Waals surface area contributed by atoms with Gasteiger partial charge in [-0.05, 0) is 36.6 Å². The van der Waals surface area contributed by atoms with Crippen LogP contribution in [0.15, 0.2) is 42.6 Å². The molecule has 8 heteroatoms. The molecule has 1 aromatic carbocycles. The second-order valence-electron chi connectivity index (χ2n) is 6.49. The van der Waals surface area contributed by atoms with Gasteiger partial charge in [-0.3, -0.25) is 4.79 Å². The fraction of sp³-hybridized carbons (Fsp3) is 0.368. The number of para-hydroxylation sites is 1. The number of ether oxygens (including phenoxy) is 1. The van der Waals surface area contributed by atoms with Crippen LogP contribution in [0.1, 0.15) is 22.5 Å². The zero-order chi connectivity index (χ0) is 19.3. The molecule has 0 spiro atoms. The predicted molar refractivity (Wildman–Crippen MR) is 104 cm³/mol. The summed E-state index contributed by atoms with van der Waals surface area (Å²) in [5.41, 5.74) is 2.06. The highest BCUT2D eigenvalue weighted by atomic mass is 32.2. The van der Waals surface area contributed by atoms with Gasteiger partial charge in [-0.15, -0.1) is 0 Å². The van der Waals surface area contributed by atoms with Crippen LogP contribution in [0.4, 0.5) is 5.69 Å². The van der Waals surface area contributed by atoms with Crippen LogP contribution in [0, 0.1) is 0 Å². The van der Waals surface area contributed by atoms with Crippen molar-refractivity contribution in [2.75, 3.05) is 30.5 Å². The van der Waals surface area contributed by atoms with E-state index < -0.39 is 9.84 Å². The molecule has 2 aromatic rings. The minimum absolute atomic E-state index is 0.0997. The van der Waals surface area contributed by atoms with Crippen LogP contribution in [-0.4, -0.2) is 50.5 Å².